The first-order chi connectivity index (χ1) is 52.7. The Kier molecular flexibility index (Phi) is 19.9. The van der Waals surface area contributed by atoms with E-state index in [1.807, 2.05) is 140 Å². The van der Waals surface area contributed by atoms with Crippen molar-refractivity contribution in [3.05, 3.63) is 262 Å². The normalized spacial score (nSPS) is 10.8. The minimum atomic E-state index is -0.405. The summed E-state index contributed by atoms with van der Waals surface area (Å²) < 4.78 is 29.4. The van der Waals surface area contributed by atoms with Gasteiger partial charge in [0.1, 0.15) is 83.7 Å². The number of methoxy groups -OCH3 is 2. The van der Waals surface area contributed by atoms with Gasteiger partial charge in [-0.1, -0.05) is 48.5 Å². The number of hydrogen-bond acceptors (Lipinski definition) is 26. The number of aromatic amines is 1. The number of nitrogens with zero attached hydrogens (tertiary/aromatic N) is 20. The van der Waals surface area contributed by atoms with Crippen LogP contribution in [0.3, 0.4) is 0 Å². The van der Waals surface area contributed by atoms with Gasteiger partial charge in [-0.2, -0.15) is 25.5 Å². The van der Waals surface area contributed by atoms with Gasteiger partial charge in [0, 0.05) is 30.1 Å². The number of anilines is 5. The van der Waals surface area contributed by atoms with Crippen molar-refractivity contribution in [2.24, 2.45) is 0 Å². The Hall–Kier alpha value is -16.0. The summed E-state index contributed by atoms with van der Waals surface area (Å²) in [7, 11) is 2.68. The Morgan fingerprint density at radius 3 is 1.22 bits per heavy atom. The number of aromatic nitrogens is 21. The summed E-state index contributed by atoms with van der Waals surface area (Å²) in [5, 5.41) is 28.9. The summed E-state index contributed by atoms with van der Waals surface area (Å²) in [4.78, 5) is 78.4. The first-order valence-electron chi connectivity index (χ1n) is 32.6. The molecule has 0 saturated carbocycles. The summed E-state index contributed by atoms with van der Waals surface area (Å²) in [5.41, 5.74) is 32.5. The summed E-state index contributed by atoms with van der Waals surface area (Å²) in [6.45, 7) is 1.43. The number of rotatable bonds is 12. The standard InChI is InChI=1S/C19H15N5O2.C17H13N5O.C13H10N6.2C13H11N5O2/c1-13(25)23-18-17-11-22-24(19(17)21-12-20-18)14-7-9-16(10-8-14)26-15-5-3-2-4-6-15;18-16-15-10-21-22(17(15)20-11-19-16)12-5-4-8-14(9-12)23-13-6-2-1-3-7-13;14-12-10-6-18-19(13(10)17-7-16-12)9-1-2-11-8(5-9)3-4-15-11;1-20-13(19)8-2-4-9(5-3-8)18-12-10(6-17-18)11(14)15-7-16-12;1-20-13(19)8-3-2-4-9(5-8)18-12-10(6-17-18)11(14)15-7-16-12/h2-12H,1H3,(H,20,21,23,25);1-11H,(H2,18,19,20);1-7,15H,(H2,14,16,17);2*2-7H,1H3,(H2,14,15,16). The van der Waals surface area contributed by atoms with Crippen molar-refractivity contribution in [1.29, 1.82) is 0 Å². The van der Waals surface area contributed by atoms with Gasteiger partial charge in [-0.3, -0.25) is 4.79 Å². The number of hydrogen-bond donors (Lipinski definition) is 6. The number of nitrogens with one attached hydrogen (secondary N) is 2. The van der Waals surface area contributed by atoms with Gasteiger partial charge < -0.3 is 52.2 Å². The maximum absolute atomic E-state index is 11.6. The third-order valence-corrected chi connectivity index (χ3v) is 16.2. The molecule has 532 valence electrons. The van der Waals surface area contributed by atoms with Gasteiger partial charge in [0.15, 0.2) is 28.2 Å². The van der Waals surface area contributed by atoms with Gasteiger partial charge in [-0.15, -0.1) is 0 Å². The molecule has 10 N–H and O–H groups in total. The van der Waals surface area contributed by atoms with Crippen LogP contribution >= 0.6 is 0 Å². The van der Waals surface area contributed by atoms with Crippen LogP contribution in [0.2, 0.25) is 0 Å². The zero-order chi connectivity index (χ0) is 74.6. The highest BCUT2D eigenvalue weighted by Gasteiger charge is 2.17. The van der Waals surface area contributed by atoms with E-state index in [1.54, 1.807) is 96.9 Å². The van der Waals surface area contributed by atoms with E-state index in [9.17, 15) is 14.4 Å². The zero-order valence-electron chi connectivity index (χ0n) is 57.3. The number of para-hydroxylation sites is 2. The van der Waals surface area contributed by atoms with Crippen molar-refractivity contribution in [3.8, 4) is 51.4 Å². The molecule has 0 aliphatic rings. The third kappa shape index (κ3) is 15.0. The van der Waals surface area contributed by atoms with E-state index in [-0.39, 0.29) is 11.9 Å². The highest BCUT2D eigenvalue weighted by Crippen LogP contribution is 2.30. The minimum absolute atomic E-state index is 0.194. The lowest BCUT2D eigenvalue weighted by molar-refractivity contribution is -0.114. The molecule has 0 atom stereocenters. The molecule has 7 aromatic carbocycles. The molecular formula is C75H60N26O7. The lowest BCUT2D eigenvalue weighted by Crippen LogP contribution is -2.08. The topological polar surface area (TPSA) is 438 Å². The predicted octanol–water partition coefficient (Wildman–Crippen LogP) is 11.0. The lowest BCUT2D eigenvalue weighted by atomic mass is 10.2. The molecule has 18 rings (SSSR count). The molecule has 0 fully saturated rings. The molecule has 33 heteroatoms. The minimum Gasteiger partial charge on any atom is -0.465 e. The van der Waals surface area contributed by atoms with Crippen molar-refractivity contribution in [3.63, 3.8) is 0 Å². The summed E-state index contributed by atoms with van der Waals surface area (Å²) in [6, 6.07) is 56.2. The van der Waals surface area contributed by atoms with Crippen LogP contribution in [0.1, 0.15) is 27.6 Å². The van der Waals surface area contributed by atoms with E-state index < -0.39 is 5.97 Å². The lowest BCUT2D eigenvalue weighted by Gasteiger charge is -2.08. The van der Waals surface area contributed by atoms with Gasteiger partial charge in [-0.25, -0.2) is 82.8 Å². The summed E-state index contributed by atoms with van der Waals surface area (Å²) >= 11 is 0. The molecule has 18 aromatic rings. The van der Waals surface area contributed by atoms with Gasteiger partial charge in [0.2, 0.25) is 5.91 Å². The molecule has 33 nitrogen and oxygen atoms in total. The third-order valence-electron chi connectivity index (χ3n) is 16.2. The SMILES string of the molecule is CC(=O)Nc1ncnc2c1cnn2-c1ccc(Oc2ccccc2)cc1.COC(=O)c1ccc(-n2ncc3c(N)ncnc32)cc1.COC(=O)c1cccc(-n2ncc3c(N)ncnc32)c1.Nc1ncnc2c1cnn2-c1ccc2[nH]ccc2c1.Nc1ncnc2c1cnn2-c1cccc(Oc2ccccc2)c1. The van der Waals surface area contributed by atoms with Gasteiger partial charge in [0.25, 0.3) is 0 Å². The fraction of sp³-hybridized carbons (Fsp3) is 0.0400. The first kappa shape index (κ1) is 69.1. The largest absolute Gasteiger partial charge is 0.465 e. The maximum atomic E-state index is 11.6. The quantitative estimate of drug-likeness (QED) is 0.0619. The van der Waals surface area contributed by atoms with Crippen molar-refractivity contribution in [2.75, 3.05) is 42.5 Å². The average molecular weight is 1440 g/mol. The molecule has 11 aromatic heterocycles. The van der Waals surface area contributed by atoms with Crippen LogP contribution in [0, 0.1) is 0 Å². The summed E-state index contributed by atoms with van der Waals surface area (Å²) in [5.74, 6) is 4.07. The molecule has 0 saturated heterocycles. The highest BCUT2D eigenvalue weighted by atomic mass is 16.5. The van der Waals surface area contributed by atoms with Crippen molar-refractivity contribution < 1.29 is 33.3 Å². The van der Waals surface area contributed by atoms with E-state index in [0.29, 0.717) is 90.3 Å². The van der Waals surface area contributed by atoms with Gasteiger partial charge >= 0.3 is 11.9 Å². The molecule has 0 bridgehead atoms. The number of benzene rings is 7. The molecule has 108 heavy (non-hydrogen) atoms. The second kappa shape index (κ2) is 31.1. The zero-order valence-corrected chi connectivity index (χ0v) is 57.3. The molecule has 0 aliphatic carbocycles. The predicted molar refractivity (Wildman–Crippen MR) is 403 cm³/mol. The monoisotopic (exact) mass is 1440 g/mol. The molecule has 0 aliphatic heterocycles. The summed E-state index contributed by atoms with van der Waals surface area (Å²) in [6.07, 6.45) is 17.1. The average Bonchev–Trinajstić information content (AvgIpc) is 1.66. The molecule has 0 unspecified atom stereocenters. The Balaban J connectivity index is 0.000000113. The Labute approximate surface area is 610 Å². The number of nitrogen functional groups attached to an aromatic ring is 4. The van der Waals surface area contributed by atoms with E-state index >= 15 is 0 Å². The van der Waals surface area contributed by atoms with Crippen LogP contribution in [-0.4, -0.2) is 136 Å². The highest BCUT2D eigenvalue weighted by molar-refractivity contribution is 5.98. The van der Waals surface area contributed by atoms with Crippen LogP contribution in [0.25, 0.3) is 94.5 Å². The smallest absolute Gasteiger partial charge is 0.337 e. The van der Waals surface area contributed by atoms with E-state index in [0.717, 1.165) is 67.4 Å². The van der Waals surface area contributed by atoms with Crippen molar-refractivity contribution in [1.82, 2.24) is 104 Å². The Morgan fingerprint density at radius 1 is 0.361 bits per heavy atom. The van der Waals surface area contributed by atoms with Gasteiger partial charge in [0.05, 0.1) is 112 Å². The molecule has 11 heterocycles. The number of carbonyl (C=O) groups is 3. The van der Waals surface area contributed by atoms with Crippen LogP contribution in [-0.2, 0) is 14.3 Å². The number of carbonyl (C=O) groups excluding carboxylic acids is 3. The Morgan fingerprint density at radius 2 is 0.741 bits per heavy atom. The molecule has 0 radical (unpaired) electrons. The number of H-pyrrole nitrogens is 1. The van der Waals surface area contributed by atoms with Crippen LogP contribution in [0.15, 0.2) is 251 Å². The maximum Gasteiger partial charge on any atom is 0.337 e. The van der Waals surface area contributed by atoms with Crippen LogP contribution in [0.5, 0.6) is 23.0 Å². The van der Waals surface area contributed by atoms with Gasteiger partial charge in [-0.05, 0) is 127 Å². The second-order valence-electron chi connectivity index (χ2n) is 23.1. The van der Waals surface area contributed by atoms with Crippen molar-refractivity contribution >= 4 is 113 Å². The van der Waals surface area contributed by atoms with E-state index in [2.05, 4.69) is 96.4 Å². The van der Waals surface area contributed by atoms with Crippen LogP contribution in [0.4, 0.5) is 29.1 Å². The number of amides is 1. The van der Waals surface area contributed by atoms with E-state index in [1.165, 1.54) is 52.8 Å². The second-order valence-corrected chi connectivity index (χ2v) is 23.1. The van der Waals surface area contributed by atoms with Crippen LogP contribution < -0.4 is 37.7 Å². The number of fused-ring (bicyclic) bond motifs is 6. The molecular weight excluding hydrogens is 1380 g/mol. The first-order valence-corrected chi connectivity index (χ1v) is 32.6. The number of esters is 2. The number of ether oxygens (including phenoxy) is 4. The molecule has 1 amide bonds. The fourth-order valence-corrected chi connectivity index (χ4v) is 11.0. The fourth-order valence-electron chi connectivity index (χ4n) is 11.0. The number of nitrogens with two attached hydrogens (primary N) is 4. The Bertz CT molecular complexity index is 6240. The van der Waals surface area contributed by atoms with E-state index in [4.69, 9.17) is 37.1 Å². The molecule has 0 spiro atoms. The van der Waals surface area contributed by atoms with Crippen molar-refractivity contribution in [2.45, 2.75) is 6.92 Å².